The summed E-state index contributed by atoms with van der Waals surface area (Å²) in [4.78, 5) is 32.3. The Balaban J connectivity index is 1.24. The number of aliphatic carboxylic acids is 1. The highest BCUT2D eigenvalue weighted by Crippen LogP contribution is 2.49. The van der Waals surface area contributed by atoms with Crippen molar-refractivity contribution in [1.29, 1.82) is 0 Å². The summed E-state index contributed by atoms with van der Waals surface area (Å²) < 4.78 is 43.0. The largest absolute Gasteiger partial charge is 0.490 e. The number of amides is 1. The maximum Gasteiger partial charge on any atom is 0.304 e. The molecular formula is C43H59ClN4O8S. The number of hydrogen-bond acceptors (Lipinski definition) is 10. The number of piperazine rings is 1. The van der Waals surface area contributed by atoms with Gasteiger partial charge >= 0.3 is 5.97 Å². The molecular weight excluding hydrogens is 768 g/mol. The van der Waals surface area contributed by atoms with Crippen LogP contribution in [0, 0.1) is 17.8 Å². The fraction of sp³-hybridized carbons (Fsp3) is 0.628. The van der Waals surface area contributed by atoms with E-state index in [0.29, 0.717) is 57.9 Å². The van der Waals surface area contributed by atoms with Gasteiger partial charge in [0.05, 0.1) is 24.0 Å². The minimum absolute atomic E-state index is 0.00214. The number of carboxylic acids is 1. The number of anilines is 1. The lowest BCUT2D eigenvalue weighted by Crippen LogP contribution is -2.59. The molecule has 2 fully saturated rings. The summed E-state index contributed by atoms with van der Waals surface area (Å²) in [6, 6.07) is 11.2. The highest BCUT2D eigenvalue weighted by atomic mass is 35.5. The zero-order valence-electron chi connectivity index (χ0n) is 33.5. The zero-order chi connectivity index (χ0) is 40.5. The molecule has 0 unspecified atom stereocenters. The molecule has 2 aliphatic carbocycles. The Kier molecular flexibility index (Phi) is 12.6. The first-order valence-electron chi connectivity index (χ1n) is 20.6. The summed E-state index contributed by atoms with van der Waals surface area (Å²) in [5.74, 6) is -0.724. The molecule has 1 amide bonds. The number of methoxy groups -OCH3 is 1. The molecule has 12 nitrogen and oxygen atoms in total. The average Bonchev–Trinajstić information content (AvgIpc) is 3.32. The van der Waals surface area contributed by atoms with E-state index in [9.17, 15) is 28.2 Å². The third-order valence-corrected chi connectivity index (χ3v) is 16.0. The Labute approximate surface area is 342 Å². The SMILES string of the molecule is CO[C@@]1(CN2CCN([C@@H](CCO)CC(=O)O)CC2)/C=C/C[C@H](C)[C@@H](C)S(=O)(=O)NC(=O)c2ccc3c(c2)N(C[C@@H]2CC[C@H]21)C[C@@]1(CCCc2cc(Cl)ccc21)CO3. The number of carbonyl (C=O) groups is 2. The van der Waals surface area contributed by atoms with Crippen LogP contribution in [-0.2, 0) is 31.4 Å². The lowest BCUT2D eigenvalue weighted by atomic mass is 9.63. The number of ether oxygens (including phenoxy) is 2. The van der Waals surface area contributed by atoms with E-state index >= 15 is 0 Å². The van der Waals surface area contributed by atoms with E-state index in [1.165, 1.54) is 11.1 Å². The third kappa shape index (κ3) is 8.75. The fourth-order valence-electron chi connectivity index (χ4n) is 10.2. The number of aliphatic hydroxyl groups excluding tert-OH is 1. The summed E-state index contributed by atoms with van der Waals surface area (Å²) in [5.41, 5.74) is 2.55. The maximum absolute atomic E-state index is 13.7. The molecule has 0 radical (unpaired) electrons. The van der Waals surface area contributed by atoms with Crippen molar-refractivity contribution in [3.63, 3.8) is 0 Å². The van der Waals surface area contributed by atoms with Gasteiger partial charge in [-0.2, -0.15) is 0 Å². The van der Waals surface area contributed by atoms with Crippen LogP contribution in [0.2, 0.25) is 5.02 Å². The second kappa shape index (κ2) is 17.2. The number of nitrogens with zero attached hydrogens (tertiary/aromatic N) is 3. The third-order valence-electron chi connectivity index (χ3n) is 13.9. The Morgan fingerprint density at radius 1 is 1.12 bits per heavy atom. The summed E-state index contributed by atoms with van der Waals surface area (Å²) >= 11 is 6.50. The second-order valence-electron chi connectivity index (χ2n) is 17.3. The molecule has 3 aliphatic heterocycles. The molecule has 3 N–H and O–H groups in total. The second-order valence-corrected chi connectivity index (χ2v) is 19.7. The molecule has 1 saturated heterocycles. The van der Waals surface area contributed by atoms with E-state index in [4.69, 9.17) is 21.1 Å². The van der Waals surface area contributed by atoms with Crippen LogP contribution >= 0.6 is 11.6 Å². The number of carboxylic acid groups (broad SMARTS) is 1. The fourth-order valence-corrected chi connectivity index (χ4v) is 11.7. The van der Waals surface area contributed by atoms with Crippen LogP contribution in [0.5, 0.6) is 5.75 Å². The lowest BCUT2D eigenvalue weighted by Gasteiger charge is -2.52. The predicted octanol–water partition coefficient (Wildman–Crippen LogP) is 5.11. The van der Waals surface area contributed by atoms with Gasteiger partial charge < -0.3 is 24.6 Å². The minimum Gasteiger partial charge on any atom is -0.490 e. The van der Waals surface area contributed by atoms with Crippen LogP contribution in [0.1, 0.15) is 80.3 Å². The molecule has 2 aromatic carbocycles. The molecule has 2 bridgehead atoms. The number of rotatable bonds is 8. The first-order valence-corrected chi connectivity index (χ1v) is 22.6. The standard InChI is InChI=1S/C43H59ClN4O8S/c1-29-6-4-16-43(55-3,27-46-17-19-47(20-18-46)35(14-21-49)24-40(50)51)37-11-8-33(37)25-48-26-42(15-5-7-31-22-34(44)10-12-36(31)42)28-56-39-13-9-32(23-38(39)48)41(52)45-57(53,54)30(29)2/h4,9-10,12-13,16,22-23,29-30,33,35,37,49H,5-8,11,14-15,17-21,24-28H2,1-3H3,(H,45,52)(H,50,51)/b16-4+/t29-,30+,33-,35-,37+,42-,43+/m0/s1. The van der Waals surface area contributed by atoms with Crippen molar-refractivity contribution in [3.8, 4) is 5.75 Å². The van der Waals surface area contributed by atoms with Gasteiger partial charge in [0.25, 0.3) is 5.91 Å². The summed E-state index contributed by atoms with van der Waals surface area (Å²) in [7, 11) is -2.23. The molecule has 14 heteroatoms. The quantitative estimate of drug-likeness (QED) is 0.305. The van der Waals surface area contributed by atoms with Crippen LogP contribution < -0.4 is 14.4 Å². The van der Waals surface area contributed by atoms with Gasteiger partial charge in [-0.1, -0.05) is 36.7 Å². The Morgan fingerprint density at radius 2 is 1.91 bits per heavy atom. The van der Waals surface area contributed by atoms with E-state index in [-0.39, 0.29) is 47.8 Å². The topological polar surface area (TPSA) is 149 Å². The number of hydrogen-bond donors (Lipinski definition) is 3. The molecule has 1 spiro atoms. The number of nitrogens with one attached hydrogen (secondary N) is 1. The van der Waals surface area contributed by atoms with Crippen LogP contribution in [-0.4, -0.2) is 123 Å². The Morgan fingerprint density at radius 3 is 2.61 bits per heavy atom. The number of benzene rings is 2. The summed E-state index contributed by atoms with van der Waals surface area (Å²) in [6.45, 7) is 8.81. The van der Waals surface area contributed by atoms with Crippen molar-refractivity contribution < 1.29 is 37.7 Å². The van der Waals surface area contributed by atoms with Gasteiger partial charge in [-0.15, -0.1) is 0 Å². The van der Waals surface area contributed by atoms with Crippen molar-refractivity contribution in [2.45, 2.75) is 87.5 Å². The Hall–Kier alpha value is -3.20. The minimum atomic E-state index is -4.01. The summed E-state index contributed by atoms with van der Waals surface area (Å²) in [5, 5.41) is 19.1. The van der Waals surface area contributed by atoms with Crippen LogP contribution in [0.4, 0.5) is 5.69 Å². The first kappa shape index (κ1) is 41.9. The van der Waals surface area contributed by atoms with Gasteiger partial charge in [0.15, 0.2) is 0 Å². The van der Waals surface area contributed by atoms with Crippen molar-refractivity contribution in [2.75, 3.05) is 71.0 Å². The number of aliphatic hydroxyl groups is 1. The molecule has 312 valence electrons. The van der Waals surface area contributed by atoms with Crippen molar-refractivity contribution in [3.05, 3.63) is 70.3 Å². The molecule has 2 aromatic rings. The lowest BCUT2D eigenvalue weighted by molar-refractivity contribution is -0.138. The number of carbonyl (C=O) groups excluding carboxylic acids is 1. The van der Waals surface area contributed by atoms with Gasteiger partial charge in [0.1, 0.15) is 11.4 Å². The molecule has 7 atom stereocenters. The average molecular weight is 827 g/mol. The molecule has 3 heterocycles. The zero-order valence-corrected chi connectivity index (χ0v) is 35.1. The number of sulfonamides is 1. The monoisotopic (exact) mass is 826 g/mol. The van der Waals surface area contributed by atoms with E-state index in [1.807, 2.05) is 19.1 Å². The van der Waals surface area contributed by atoms with Crippen molar-refractivity contribution >= 4 is 39.2 Å². The molecule has 57 heavy (non-hydrogen) atoms. The Bertz CT molecular complexity index is 1940. The number of aryl methyl sites for hydroxylation is 1. The normalized spacial score (nSPS) is 31.8. The van der Waals surface area contributed by atoms with Crippen molar-refractivity contribution in [2.24, 2.45) is 17.8 Å². The molecule has 7 rings (SSSR count). The maximum atomic E-state index is 13.7. The molecule has 1 saturated carbocycles. The van der Waals surface area contributed by atoms with E-state index in [0.717, 1.165) is 55.9 Å². The molecule has 0 aromatic heterocycles. The van der Waals surface area contributed by atoms with E-state index < -0.39 is 32.8 Å². The van der Waals surface area contributed by atoms with Gasteiger partial charge in [-0.05, 0) is 111 Å². The smallest absolute Gasteiger partial charge is 0.304 e. The van der Waals surface area contributed by atoms with Crippen LogP contribution in [0.25, 0.3) is 0 Å². The first-order chi connectivity index (χ1) is 27.3. The molecule has 5 aliphatic rings. The van der Waals surface area contributed by atoms with Gasteiger partial charge in [0, 0.05) is 81.6 Å². The van der Waals surface area contributed by atoms with Crippen LogP contribution in [0.3, 0.4) is 0 Å². The van der Waals surface area contributed by atoms with Crippen molar-refractivity contribution in [1.82, 2.24) is 14.5 Å². The highest BCUT2D eigenvalue weighted by Gasteiger charge is 2.50. The number of halogens is 1. The van der Waals surface area contributed by atoms with E-state index in [1.54, 1.807) is 26.2 Å². The van der Waals surface area contributed by atoms with Gasteiger partial charge in [-0.3, -0.25) is 19.4 Å². The predicted molar refractivity (Wildman–Crippen MR) is 221 cm³/mol. The number of fused-ring (bicyclic) bond motifs is 4. The number of allylic oxidation sites excluding steroid dienone is 1. The summed E-state index contributed by atoms with van der Waals surface area (Å²) in [6.07, 6.45) is 10.0. The van der Waals surface area contributed by atoms with Gasteiger partial charge in [0.2, 0.25) is 10.0 Å². The highest BCUT2D eigenvalue weighted by molar-refractivity contribution is 7.90. The van der Waals surface area contributed by atoms with Gasteiger partial charge in [-0.25, -0.2) is 13.1 Å². The van der Waals surface area contributed by atoms with Crippen LogP contribution in [0.15, 0.2) is 48.6 Å². The van der Waals surface area contributed by atoms with E-state index in [2.05, 4.69) is 43.7 Å².